The van der Waals surface area contributed by atoms with Gasteiger partial charge in [0.25, 0.3) is 0 Å². The molecule has 3 atom stereocenters. The lowest BCUT2D eigenvalue weighted by atomic mass is 9.60. The molecule has 546 valence electrons. The van der Waals surface area contributed by atoms with Crippen LogP contribution in [0.3, 0.4) is 0 Å². The second-order valence-corrected chi connectivity index (χ2v) is 35.5. The maximum Gasteiger partial charge on any atom is 0.213 e. The molecule has 0 spiro atoms. The Morgan fingerprint density at radius 3 is 1.02 bits per heavy atom. The lowest BCUT2D eigenvalue weighted by Crippen LogP contribution is -2.32. The van der Waals surface area contributed by atoms with Gasteiger partial charge in [-0.1, -0.05) is 226 Å². The van der Waals surface area contributed by atoms with Crippen molar-refractivity contribution in [3.63, 3.8) is 0 Å². The van der Waals surface area contributed by atoms with Crippen LogP contribution in [-0.2, 0) is 21.1 Å². The van der Waals surface area contributed by atoms with E-state index in [2.05, 4.69) is 316 Å². The minimum atomic E-state index is 0.457. The van der Waals surface area contributed by atoms with E-state index in [0.717, 1.165) is 53.3 Å². The van der Waals surface area contributed by atoms with Gasteiger partial charge >= 0.3 is 0 Å². The number of rotatable bonds is 13. The van der Waals surface area contributed by atoms with Gasteiger partial charge in [0, 0.05) is 51.6 Å². The maximum atomic E-state index is 2.50. The van der Waals surface area contributed by atoms with E-state index in [9.17, 15) is 0 Å². The van der Waals surface area contributed by atoms with Gasteiger partial charge in [0.2, 0.25) is 17.1 Å². The lowest BCUT2D eigenvalue weighted by Gasteiger charge is -2.45. The maximum absolute atomic E-state index is 2.50. The quantitative estimate of drug-likeness (QED) is 0.102. The molecule has 19 rings (SSSR count). The Morgan fingerprint density at radius 1 is 0.280 bits per heavy atom. The van der Waals surface area contributed by atoms with E-state index in [1.165, 1.54) is 242 Å². The fourth-order valence-electron chi connectivity index (χ4n) is 21.2. The second kappa shape index (κ2) is 31.1. The minimum Gasteiger partial charge on any atom is -0.201 e. The molecule has 3 aromatic heterocycles. The van der Waals surface area contributed by atoms with E-state index in [1.54, 1.807) is 16.7 Å². The molecule has 0 N–H and O–H groups in total. The van der Waals surface area contributed by atoms with Crippen LogP contribution in [0.1, 0.15) is 236 Å². The van der Waals surface area contributed by atoms with Crippen LogP contribution < -0.4 is 13.7 Å². The van der Waals surface area contributed by atoms with Gasteiger partial charge in [-0.15, -0.1) is 0 Å². The van der Waals surface area contributed by atoms with Crippen molar-refractivity contribution in [1.29, 1.82) is 0 Å². The topological polar surface area (TPSA) is 11.6 Å². The standard InChI is InChI=1S/C38H46N.2C33H36N/c1-26(2)37-25-39(4)38(35-13-9-8-10-27(35)3)24-36(37)34-21-20-32-22-31(18-19-33(32)23-34)30-16-14-29(15-17-30)28-11-6-5-7-12-28;1-21(2)32-20-34(4)33(29-8-6-5-7-22(29)3)19-31(32)28-14-12-24-17-27(13-11-25(24)18-28)30-16-23-9-10-26(30)15-23;1-21(2)32-20-34(4)33(30-8-6-5-7-22(30)3)19-31(32)28-12-11-25-17-27(10-9-26(25)18-28)29-15-23-13-24(14-23)16-29/h8-10,13,18-26,28-30H,5-7,11-12,14-17H2,1-4H3;5-8,11-14,17-21,23,26,30H,9-10,15-16H2,1-4H3;5-12,17-21,23-24,29H,13-16H2,1-4H3/q3*+1. The third-order valence-electron chi connectivity index (χ3n) is 27.3. The zero-order valence-corrected chi connectivity index (χ0v) is 66.6. The van der Waals surface area contributed by atoms with Gasteiger partial charge in [0.1, 0.15) is 21.1 Å². The van der Waals surface area contributed by atoms with Crippen LogP contribution in [0.15, 0.2) is 219 Å². The van der Waals surface area contributed by atoms with Gasteiger partial charge in [0.05, 0.1) is 0 Å². The van der Waals surface area contributed by atoms with Crippen molar-refractivity contribution in [3.05, 3.63) is 269 Å². The van der Waals surface area contributed by atoms with Gasteiger partial charge in [-0.2, -0.15) is 0 Å². The number of hydrogen-bond acceptors (Lipinski definition) is 0. The molecule has 0 saturated heterocycles. The normalized spacial score (nSPS) is 21.2. The zero-order valence-electron chi connectivity index (χ0n) is 66.6. The van der Waals surface area contributed by atoms with Crippen LogP contribution in [0.2, 0.25) is 0 Å². The summed E-state index contributed by atoms with van der Waals surface area (Å²) < 4.78 is 6.89. The molecule has 0 aliphatic heterocycles. The molecule has 0 amide bonds. The first-order chi connectivity index (χ1) is 51.9. The summed E-state index contributed by atoms with van der Waals surface area (Å²) in [6, 6.07) is 76.6. The molecular formula is C104H118N3+3. The van der Waals surface area contributed by atoms with E-state index in [1.807, 2.05) is 0 Å². The number of aromatic nitrogens is 3. The molecule has 7 saturated carbocycles. The highest BCUT2D eigenvalue weighted by Crippen LogP contribution is 2.54. The monoisotopic (exact) mass is 1410 g/mol. The average Bonchev–Trinajstić information content (AvgIpc) is 0.997. The Balaban J connectivity index is 0.000000123. The number of nitrogens with zero attached hydrogens (tertiary/aromatic N) is 3. The third kappa shape index (κ3) is 15.1. The molecule has 7 aliphatic rings. The summed E-state index contributed by atoms with van der Waals surface area (Å²) in [6.45, 7) is 20.4. The smallest absolute Gasteiger partial charge is 0.201 e. The van der Waals surface area contributed by atoms with Crippen molar-refractivity contribution >= 4 is 32.3 Å². The third-order valence-corrected chi connectivity index (χ3v) is 27.3. The van der Waals surface area contributed by atoms with Gasteiger partial charge in [-0.3, -0.25) is 0 Å². The van der Waals surface area contributed by atoms with E-state index in [-0.39, 0.29) is 0 Å². The van der Waals surface area contributed by atoms with Gasteiger partial charge in [-0.05, 0) is 298 Å². The molecule has 3 heteroatoms. The van der Waals surface area contributed by atoms with Crippen molar-refractivity contribution in [2.45, 2.75) is 207 Å². The zero-order chi connectivity index (χ0) is 73.7. The van der Waals surface area contributed by atoms with Gasteiger partial charge in [0.15, 0.2) is 18.6 Å². The van der Waals surface area contributed by atoms with E-state index < -0.39 is 0 Å². The van der Waals surface area contributed by atoms with Crippen LogP contribution in [0.5, 0.6) is 0 Å². The van der Waals surface area contributed by atoms with Crippen LogP contribution in [0.4, 0.5) is 0 Å². The summed E-state index contributed by atoms with van der Waals surface area (Å²) >= 11 is 0. The number of aryl methyl sites for hydroxylation is 6. The number of pyridine rings is 3. The molecule has 9 aromatic carbocycles. The Labute approximate surface area is 641 Å². The average molecular weight is 1410 g/mol. The summed E-state index contributed by atoms with van der Waals surface area (Å²) in [7, 11) is 6.53. The molecule has 3 heterocycles. The molecule has 107 heavy (non-hydrogen) atoms. The van der Waals surface area contributed by atoms with E-state index in [0.29, 0.717) is 17.8 Å². The summed E-state index contributed by atoms with van der Waals surface area (Å²) in [5, 5.41) is 8.21. The molecule has 4 bridgehead atoms. The first-order valence-corrected chi connectivity index (χ1v) is 41.8. The van der Waals surface area contributed by atoms with Crippen molar-refractivity contribution < 1.29 is 13.7 Å². The summed E-state index contributed by atoms with van der Waals surface area (Å²) in [4.78, 5) is 0. The van der Waals surface area contributed by atoms with Gasteiger partial charge in [-0.25, -0.2) is 13.7 Å². The highest BCUT2D eigenvalue weighted by Gasteiger charge is 2.41. The van der Waals surface area contributed by atoms with Crippen molar-refractivity contribution in [3.8, 4) is 67.2 Å². The summed E-state index contributed by atoms with van der Waals surface area (Å²) in [6.07, 6.45) is 31.7. The van der Waals surface area contributed by atoms with E-state index >= 15 is 0 Å². The van der Waals surface area contributed by atoms with Gasteiger partial charge < -0.3 is 0 Å². The number of benzene rings is 9. The minimum absolute atomic E-state index is 0.457. The van der Waals surface area contributed by atoms with Crippen LogP contribution >= 0.6 is 0 Å². The molecule has 3 nitrogen and oxygen atoms in total. The molecule has 12 aromatic rings. The second-order valence-electron chi connectivity index (χ2n) is 35.5. The Hall–Kier alpha value is -8.79. The molecule has 7 fully saturated rings. The number of hydrogen-bond donors (Lipinski definition) is 0. The summed E-state index contributed by atoms with van der Waals surface area (Å²) in [5.74, 6) is 9.63. The highest BCUT2D eigenvalue weighted by molar-refractivity contribution is 5.92. The summed E-state index contributed by atoms with van der Waals surface area (Å²) in [5.41, 5.74) is 28.6. The van der Waals surface area contributed by atoms with Crippen LogP contribution in [-0.4, -0.2) is 0 Å². The fourth-order valence-corrected chi connectivity index (χ4v) is 21.2. The van der Waals surface area contributed by atoms with Crippen LogP contribution in [0, 0.1) is 56.3 Å². The predicted octanol–water partition coefficient (Wildman–Crippen LogP) is 27.0. The Bertz CT molecular complexity index is 5220. The predicted molar refractivity (Wildman–Crippen MR) is 452 cm³/mol. The fraction of sp³-hybridized carbons (Fsp3) is 0.394. The molecule has 7 aliphatic carbocycles. The van der Waals surface area contributed by atoms with Crippen molar-refractivity contribution in [1.82, 2.24) is 0 Å². The van der Waals surface area contributed by atoms with Crippen LogP contribution in [0.25, 0.3) is 99.5 Å². The van der Waals surface area contributed by atoms with E-state index in [4.69, 9.17) is 0 Å². The molecular weight excluding hydrogens is 1290 g/mol. The largest absolute Gasteiger partial charge is 0.213 e. The van der Waals surface area contributed by atoms with Crippen molar-refractivity contribution in [2.24, 2.45) is 56.7 Å². The number of fused-ring (bicyclic) bond motifs is 7. The SMILES string of the molecule is Cc1ccccc1-c1cc(-c2ccc3cc(C4CC5CC(C5)C4)ccc3c2)c(C(C)C)c[n+]1C.Cc1ccccc1-c1cc(-c2ccc3cc(C4CC5CCC4C5)ccc3c2)c(C(C)C)c[n+]1C.Cc1ccccc1-c1cc(-c2ccc3cc(C4CCC(C5CCCCC5)CC4)ccc3c2)c(C(C)C)c[n+]1C. The molecule has 3 unspecified atom stereocenters. The van der Waals surface area contributed by atoms with Crippen molar-refractivity contribution in [2.75, 3.05) is 0 Å². The highest BCUT2D eigenvalue weighted by atomic mass is 14.9. The Kier molecular flexibility index (Phi) is 21.0. The first kappa shape index (κ1) is 72.4. The Morgan fingerprint density at radius 2 is 0.636 bits per heavy atom. The first-order valence-electron chi connectivity index (χ1n) is 41.8. The lowest BCUT2D eigenvalue weighted by molar-refractivity contribution is -0.660. The molecule has 0 radical (unpaired) electrons.